The first kappa shape index (κ1) is 15.7. The van der Waals surface area contributed by atoms with Crippen molar-refractivity contribution in [1.29, 1.82) is 0 Å². The Morgan fingerprint density at radius 1 is 1.32 bits per heavy atom. The summed E-state index contributed by atoms with van der Waals surface area (Å²) in [5, 5.41) is 11.7. The fourth-order valence-corrected chi connectivity index (χ4v) is 1.92. The molecular weight excluding hydrogens is 310 g/mol. The SMILES string of the molecule is CC(C)(CCNC(=O)Cc1ccccc1Br)C(=O)O. The van der Waals surface area contributed by atoms with Crippen LogP contribution < -0.4 is 5.32 Å². The molecule has 0 aliphatic heterocycles. The molecule has 19 heavy (non-hydrogen) atoms. The predicted molar refractivity (Wildman–Crippen MR) is 76.9 cm³/mol. The van der Waals surface area contributed by atoms with Crippen LogP contribution in [0.4, 0.5) is 0 Å². The maximum absolute atomic E-state index is 11.7. The highest BCUT2D eigenvalue weighted by molar-refractivity contribution is 9.10. The molecule has 0 bridgehead atoms. The first-order chi connectivity index (χ1) is 8.83. The van der Waals surface area contributed by atoms with Crippen LogP contribution in [0, 0.1) is 5.41 Å². The molecule has 0 saturated carbocycles. The molecule has 0 radical (unpaired) electrons. The van der Waals surface area contributed by atoms with E-state index in [4.69, 9.17) is 5.11 Å². The van der Waals surface area contributed by atoms with Gasteiger partial charge in [-0.2, -0.15) is 0 Å². The Balaban J connectivity index is 2.41. The van der Waals surface area contributed by atoms with Crippen LogP contribution in [0.15, 0.2) is 28.7 Å². The monoisotopic (exact) mass is 327 g/mol. The van der Waals surface area contributed by atoms with Gasteiger partial charge in [-0.3, -0.25) is 9.59 Å². The molecule has 0 unspecified atom stereocenters. The van der Waals surface area contributed by atoms with Crippen molar-refractivity contribution in [1.82, 2.24) is 5.32 Å². The number of rotatable bonds is 6. The Kier molecular flexibility index (Phi) is 5.54. The van der Waals surface area contributed by atoms with Gasteiger partial charge in [-0.25, -0.2) is 0 Å². The fourth-order valence-electron chi connectivity index (χ4n) is 1.50. The van der Waals surface area contributed by atoms with Gasteiger partial charge in [0.25, 0.3) is 0 Å². The molecule has 1 aromatic carbocycles. The second-order valence-corrected chi connectivity index (χ2v) is 5.91. The molecule has 4 nitrogen and oxygen atoms in total. The lowest BCUT2D eigenvalue weighted by molar-refractivity contribution is -0.147. The number of nitrogens with one attached hydrogen (secondary N) is 1. The Morgan fingerprint density at radius 3 is 2.53 bits per heavy atom. The molecular formula is C14H18BrNO3. The van der Waals surface area contributed by atoms with E-state index >= 15 is 0 Å². The number of carbonyl (C=O) groups excluding carboxylic acids is 1. The van der Waals surface area contributed by atoms with E-state index in [1.165, 1.54) is 0 Å². The molecule has 0 atom stereocenters. The van der Waals surface area contributed by atoms with Crippen molar-refractivity contribution in [3.05, 3.63) is 34.3 Å². The van der Waals surface area contributed by atoms with E-state index in [1.807, 2.05) is 24.3 Å². The summed E-state index contributed by atoms with van der Waals surface area (Å²) in [5.74, 6) is -0.958. The lowest BCUT2D eigenvalue weighted by Crippen LogP contribution is -2.32. The zero-order valence-corrected chi connectivity index (χ0v) is 12.7. The smallest absolute Gasteiger partial charge is 0.309 e. The first-order valence-corrected chi connectivity index (χ1v) is 6.86. The molecule has 0 heterocycles. The summed E-state index contributed by atoms with van der Waals surface area (Å²) >= 11 is 3.39. The summed E-state index contributed by atoms with van der Waals surface area (Å²) in [6, 6.07) is 7.53. The van der Waals surface area contributed by atoms with Gasteiger partial charge in [0.15, 0.2) is 0 Å². The lowest BCUT2D eigenvalue weighted by Gasteiger charge is -2.18. The highest BCUT2D eigenvalue weighted by atomic mass is 79.9. The molecule has 0 aliphatic carbocycles. The van der Waals surface area contributed by atoms with Crippen LogP contribution in [-0.4, -0.2) is 23.5 Å². The van der Waals surface area contributed by atoms with Crippen molar-refractivity contribution >= 4 is 27.8 Å². The molecule has 104 valence electrons. The average Bonchev–Trinajstić information content (AvgIpc) is 2.31. The molecule has 1 amide bonds. The Morgan fingerprint density at radius 2 is 1.95 bits per heavy atom. The van der Waals surface area contributed by atoms with Crippen LogP contribution in [0.3, 0.4) is 0 Å². The summed E-state index contributed by atoms with van der Waals surface area (Å²) in [5.41, 5.74) is 0.0955. The standard InChI is InChI=1S/C14H18BrNO3/c1-14(2,13(18)19)7-8-16-12(17)9-10-5-3-4-6-11(10)15/h3-6H,7-9H2,1-2H3,(H,16,17)(H,18,19). The Bertz CT molecular complexity index is 472. The van der Waals surface area contributed by atoms with Crippen LogP contribution in [0.25, 0.3) is 0 Å². The van der Waals surface area contributed by atoms with Gasteiger partial charge in [0, 0.05) is 11.0 Å². The van der Waals surface area contributed by atoms with Crippen molar-refractivity contribution in [2.24, 2.45) is 5.41 Å². The third-order valence-corrected chi connectivity index (χ3v) is 3.73. The average molecular weight is 328 g/mol. The van der Waals surface area contributed by atoms with E-state index in [9.17, 15) is 9.59 Å². The van der Waals surface area contributed by atoms with Gasteiger partial charge in [-0.05, 0) is 31.9 Å². The highest BCUT2D eigenvalue weighted by Crippen LogP contribution is 2.19. The molecule has 0 aliphatic rings. The second kappa shape index (κ2) is 6.70. The first-order valence-electron chi connectivity index (χ1n) is 6.06. The van der Waals surface area contributed by atoms with Crippen LogP contribution in [-0.2, 0) is 16.0 Å². The van der Waals surface area contributed by atoms with E-state index in [0.29, 0.717) is 13.0 Å². The molecule has 0 spiro atoms. The van der Waals surface area contributed by atoms with Crippen molar-refractivity contribution in [2.45, 2.75) is 26.7 Å². The summed E-state index contributed by atoms with van der Waals surface area (Å²) in [4.78, 5) is 22.7. The van der Waals surface area contributed by atoms with Crippen LogP contribution in [0.2, 0.25) is 0 Å². The molecule has 2 N–H and O–H groups in total. The molecule has 0 saturated heterocycles. The largest absolute Gasteiger partial charge is 0.481 e. The van der Waals surface area contributed by atoms with Gasteiger partial charge in [0.05, 0.1) is 11.8 Å². The van der Waals surface area contributed by atoms with Crippen molar-refractivity contribution in [2.75, 3.05) is 6.54 Å². The van der Waals surface area contributed by atoms with Crippen LogP contribution in [0.1, 0.15) is 25.8 Å². The van der Waals surface area contributed by atoms with Gasteiger partial charge in [-0.15, -0.1) is 0 Å². The van der Waals surface area contributed by atoms with E-state index in [-0.39, 0.29) is 12.3 Å². The lowest BCUT2D eigenvalue weighted by atomic mass is 9.90. The summed E-state index contributed by atoms with van der Waals surface area (Å²) < 4.78 is 0.899. The molecule has 1 aromatic rings. The Labute approximate surface area is 121 Å². The zero-order chi connectivity index (χ0) is 14.5. The van der Waals surface area contributed by atoms with Gasteiger partial charge in [0.1, 0.15) is 0 Å². The second-order valence-electron chi connectivity index (χ2n) is 5.06. The minimum absolute atomic E-state index is 0.104. The number of halogens is 1. The van der Waals surface area contributed by atoms with E-state index in [2.05, 4.69) is 21.2 Å². The molecule has 0 aromatic heterocycles. The predicted octanol–water partition coefficient (Wildman–Crippen LogP) is 2.61. The summed E-state index contributed by atoms with van der Waals surface area (Å²) in [6.45, 7) is 3.66. The van der Waals surface area contributed by atoms with Gasteiger partial charge in [-0.1, -0.05) is 34.1 Å². The molecule has 1 rings (SSSR count). The third kappa shape index (κ3) is 5.03. The van der Waals surface area contributed by atoms with Crippen molar-refractivity contribution < 1.29 is 14.7 Å². The fraction of sp³-hybridized carbons (Fsp3) is 0.429. The van der Waals surface area contributed by atoms with Gasteiger partial charge < -0.3 is 10.4 Å². The van der Waals surface area contributed by atoms with E-state index in [1.54, 1.807) is 13.8 Å². The van der Waals surface area contributed by atoms with Crippen LogP contribution >= 0.6 is 15.9 Å². The van der Waals surface area contributed by atoms with Crippen LogP contribution in [0.5, 0.6) is 0 Å². The number of aliphatic carboxylic acids is 1. The third-order valence-electron chi connectivity index (χ3n) is 2.96. The number of amides is 1. The van der Waals surface area contributed by atoms with Crippen molar-refractivity contribution in [3.8, 4) is 0 Å². The number of benzene rings is 1. The molecule has 5 heteroatoms. The highest BCUT2D eigenvalue weighted by Gasteiger charge is 2.26. The number of carbonyl (C=O) groups is 2. The zero-order valence-electron chi connectivity index (χ0n) is 11.1. The maximum atomic E-state index is 11.7. The minimum Gasteiger partial charge on any atom is -0.481 e. The topological polar surface area (TPSA) is 66.4 Å². The van der Waals surface area contributed by atoms with Gasteiger partial charge in [0.2, 0.25) is 5.91 Å². The number of hydrogen-bond acceptors (Lipinski definition) is 2. The number of carboxylic acid groups (broad SMARTS) is 1. The number of carboxylic acids is 1. The Hall–Kier alpha value is -1.36. The maximum Gasteiger partial charge on any atom is 0.309 e. The molecule has 0 fully saturated rings. The summed E-state index contributed by atoms with van der Waals surface area (Å²) in [6.07, 6.45) is 0.693. The van der Waals surface area contributed by atoms with E-state index in [0.717, 1.165) is 10.0 Å². The quantitative estimate of drug-likeness (QED) is 0.844. The van der Waals surface area contributed by atoms with Gasteiger partial charge >= 0.3 is 5.97 Å². The van der Waals surface area contributed by atoms with E-state index < -0.39 is 11.4 Å². The number of hydrogen-bond donors (Lipinski definition) is 2. The normalized spacial score (nSPS) is 11.1. The summed E-state index contributed by atoms with van der Waals surface area (Å²) in [7, 11) is 0. The van der Waals surface area contributed by atoms with Crippen molar-refractivity contribution in [3.63, 3.8) is 0 Å². The minimum atomic E-state index is -0.854.